The molecular formula is C22H16F6N2O5. The van der Waals surface area contributed by atoms with E-state index in [2.05, 4.69) is 10.1 Å². The van der Waals surface area contributed by atoms with Crippen molar-refractivity contribution >= 4 is 11.6 Å². The molecule has 0 spiro atoms. The van der Waals surface area contributed by atoms with Gasteiger partial charge < -0.3 is 19.5 Å². The van der Waals surface area contributed by atoms with Crippen molar-refractivity contribution in [2.45, 2.75) is 19.3 Å². The second-order valence-electron chi connectivity index (χ2n) is 6.93. The summed E-state index contributed by atoms with van der Waals surface area (Å²) in [5, 5.41) is 2.39. The van der Waals surface area contributed by atoms with Gasteiger partial charge in [0.1, 0.15) is 24.0 Å². The van der Waals surface area contributed by atoms with E-state index >= 15 is 0 Å². The van der Waals surface area contributed by atoms with Crippen LogP contribution in [0.3, 0.4) is 0 Å². The summed E-state index contributed by atoms with van der Waals surface area (Å²) in [5.41, 5.74) is -1.89. The van der Waals surface area contributed by atoms with E-state index in [9.17, 15) is 35.9 Å². The van der Waals surface area contributed by atoms with Crippen molar-refractivity contribution in [1.29, 1.82) is 0 Å². The molecule has 1 aromatic heterocycles. The van der Waals surface area contributed by atoms with E-state index in [1.807, 2.05) is 0 Å². The molecule has 0 fully saturated rings. The van der Waals surface area contributed by atoms with Crippen molar-refractivity contribution in [3.8, 4) is 17.2 Å². The first kappa shape index (κ1) is 25.6. The summed E-state index contributed by atoms with van der Waals surface area (Å²) in [6.07, 6.45) is -8.35. The average molecular weight is 502 g/mol. The Morgan fingerprint density at radius 1 is 0.943 bits per heavy atom. The third-order valence-electron chi connectivity index (χ3n) is 4.36. The molecule has 0 unspecified atom stereocenters. The van der Waals surface area contributed by atoms with Crippen LogP contribution in [-0.2, 0) is 17.6 Å². The summed E-state index contributed by atoms with van der Waals surface area (Å²) in [7, 11) is 1.38. The second kappa shape index (κ2) is 10.1. The third-order valence-corrected chi connectivity index (χ3v) is 4.36. The Bertz CT molecular complexity index is 1250. The molecule has 0 aliphatic carbocycles. The molecule has 0 aliphatic heterocycles. The number of anilines is 1. The predicted octanol–water partition coefficient (Wildman–Crippen LogP) is 5.41. The fourth-order valence-corrected chi connectivity index (χ4v) is 2.84. The van der Waals surface area contributed by atoms with Crippen molar-refractivity contribution in [2.75, 3.05) is 12.4 Å². The number of pyridine rings is 1. The highest BCUT2D eigenvalue weighted by molar-refractivity contribution is 6.06. The minimum absolute atomic E-state index is 0.0310. The third kappa shape index (κ3) is 6.99. The van der Waals surface area contributed by atoms with Crippen LogP contribution in [0.2, 0.25) is 0 Å². The largest absolute Gasteiger partial charge is 0.573 e. The Labute approximate surface area is 193 Å². The fourth-order valence-electron chi connectivity index (χ4n) is 2.84. The van der Waals surface area contributed by atoms with Gasteiger partial charge in [-0.3, -0.25) is 14.2 Å². The summed E-state index contributed by atoms with van der Waals surface area (Å²) in [6, 6.07) is 8.42. The molecule has 35 heavy (non-hydrogen) atoms. The van der Waals surface area contributed by atoms with Gasteiger partial charge in [0.2, 0.25) is 0 Å². The number of hydrogen-bond donors (Lipinski definition) is 1. The normalized spacial score (nSPS) is 11.7. The van der Waals surface area contributed by atoms with Gasteiger partial charge in [0.15, 0.2) is 0 Å². The molecule has 3 rings (SSSR count). The molecular weight excluding hydrogens is 486 g/mol. The average Bonchev–Trinajstić information content (AvgIpc) is 2.75. The molecule has 1 N–H and O–H groups in total. The Morgan fingerprint density at radius 3 is 2.17 bits per heavy atom. The minimum Gasteiger partial charge on any atom is -0.457 e. The van der Waals surface area contributed by atoms with Crippen LogP contribution >= 0.6 is 0 Å². The van der Waals surface area contributed by atoms with Crippen LogP contribution in [0, 0.1) is 0 Å². The number of carbonyl (C=O) groups excluding carboxylic acids is 1. The Hall–Kier alpha value is -4.00. The first-order chi connectivity index (χ1) is 16.4. The molecule has 1 heterocycles. The number of rotatable bonds is 7. The maximum atomic E-state index is 13.2. The number of hydrogen-bond acceptors (Lipinski definition) is 5. The topological polar surface area (TPSA) is 78.8 Å². The Balaban J connectivity index is 1.89. The maximum Gasteiger partial charge on any atom is 0.573 e. The van der Waals surface area contributed by atoms with Gasteiger partial charge in [0.05, 0.1) is 11.1 Å². The molecule has 0 bridgehead atoms. The van der Waals surface area contributed by atoms with Crippen LogP contribution in [-0.4, -0.2) is 23.9 Å². The highest BCUT2D eigenvalue weighted by Gasteiger charge is 2.32. The monoisotopic (exact) mass is 502 g/mol. The molecule has 0 radical (unpaired) electrons. The lowest BCUT2D eigenvalue weighted by Gasteiger charge is -2.15. The number of nitrogens with zero attached hydrogens (tertiary/aromatic N) is 1. The number of carbonyl (C=O) groups is 1. The van der Waals surface area contributed by atoms with Gasteiger partial charge in [-0.05, 0) is 48.5 Å². The summed E-state index contributed by atoms with van der Waals surface area (Å²) >= 11 is 0. The molecule has 3 aromatic rings. The van der Waals surface area contributed by atoms with Crippen LogP contribution in [0.1, 0.15) is 15.9 Å². The van der Waals surface area contributed by atoms with Crippen LogP contribution < -0.4 is 20.3 Å². The highest BCUT2D eigenvalue weighted by atomic mass is 19.4. The van der Waals surface area contributed by atoms with Gasteiger partial charge in [-0.2, -0.15) is 13.2 Å². The molecule has 2 aromatic carbocycles. The van der Waals surface area contributed by atoms with E-state index in [1.165, 1.54) is 23.9 Å². The van der Waals surface area contributed by atoms with E-state index in [-0.39, 0.29) is 23.7 Å². The molecule has 7 nitrogen and oxygen atoms in total. The number of ether oxygens (including phenoxy) is 3. The van der Waals surface area contributed by atoms with Crippen LogP contribution in [0.4, 0.5) is 32.0 Å². The Morgan fingerprint density at radius 2 is 1.60 bits per heavy atom. The number of nitrogens with one attached hydrogen (secondary N) is 1. The van der Waals surface area contributed by atoms with Gasteiger partial charge >= 0.3 is 12.5 Å². The SMILES string of the molecule is COCn1ccc(NC(=O)c2ccc(C(F)(F)F)cc2Oc2ccc(OC(F)(F)F)cc2)cc1=O. The molecule has 0 aliphatic rings. The van der Waals surface area contributed by atoms with Gasteiger partial charge in [-0.25, -0.2) is 0 Å². The maximum absolute atomic E-state index is 13.2. The second-order valence-corrected chi connectivity index (χ2v) is 6.93. The molecule has 1 amide bonds. The van der Waals surface area contributed by atoms with Crippen LogP contribution in [0.15, 0.2) is 65.6 Å². The van der Waals surface area contributed by atoms with E-state index in [4.69, 9.17) is 9.47 Å². The zero-order valence-electron chi connectivity index (χ0n) is 17.7. The van der Waals surface area contributed by atoms with Crippen molar-refractivity contribution in [3.05, 3.63) is 82.3 Å². The number of aromatic nitrogens is 1. The number of amides is 1. The molecule has 0 saturated heterocycles. The standard InChI is InChI=1S/C22H16F6N2O5/c1-33-12-30-9-8-14(11-19(30)31)29-20(32)17-7-2-13(21(23,24)25)10-18(17)34-15-3-5-16(6-4-15)35-22(26,27)28/h2-11H,12H2,1H3,(H,29,32). The summed E-state index contributed by atoms with van der Waals surface area (Å²) in [4.78, 5) is 24.8. The first-order valence-electron chi connectivity index (χ1n) is 9.61. The van der Waals surface area contributed by atoms with E-state index < -0.39 is 41.1 Å². The lowest BCUT2D eigenvalue weighted by Crippen LogP contribution is -2.21. The molecule has 186 valence electrons. The molecule has 13 heteroatoms. The number of benzene rings is 2. The predicted molar refractivity (Wildman–Crippen MR) is 110 cm³/mol. The highest BCUT2D eigenvalue weighted by Crippen LogP contribution is 2.36. The Kier molecular flexibility index (Phi) is 7.39. The van der Waals surface area contributed by atoms with E-state index in [1.54, 1.807) is 0 Å². The molecule has 0 saturated carbocycles. The van der Waals surface area contributed by atoms with Gasteiger partial charge in [-0.1, -0.05) is 0 Å². The van der Waals surface area contributed by atoms with Crippen molar-refractivity contribution in [2.24, 2.45) is 0 Å². The van der Waals surface area contributed by atoms with Crippen molar-refractivity contribution in [3.63, 3.8) is 0 Å². The van der Waals surface area contributed by atoms with Gasteiger partial charge in [0, 0.05) is 25.1 Å². The van der Waals surface area contributed by atoms with Gasteiger partial charge in [0.25, 0.3) is 11.5 Å². The van der Waals surface area contributed by atoms with E-state index in [0.29, 0.717) is 12.1 Å². The quantitative estimate of drug-likeness (QED) is 0.437. The summed E-state index contributed by atoms with van der Waals surface area (Å²) in [6.45, 7) is -0.0310. The summed E-state index contributed by atoms with van der Waals surface area (Å²) < 4.78 is 91.8. The summed E-state index contributed by atoms with van der Waals surface area (Å²) in [5.74, 6) is -2.14. The minimum atomic E-state index is -4.93. The van der Waals surface area contributed by atoms with Crippen LogP contribution in [0.25, 0.3) is 0 Å². The number of methoxy groups -OCH3 is 1. The van der Waals surface area contributed by atoms with Crippen molar-refractivity contribution < 1.29 is 45.3 Å². The first-order valence-corrected chi connectivity index (χ1v) is 9.61. The lowest BCUT2D eigenvalue weighted by atomic mass is 10.1. The number of alkyl halides is 6. The van der Waals surface area contributed by atoms with Crippen LogP contribution in [0.5, 0.6) is 17.2 Å². The lowest BCUT2D eigenvalue weighted by molar-refractivity contribution is -0.274. The van der Waals surface area contributed by atoms with Crippen molar-refractivity contribution in [1.82, 2.24) is 4.57 Å². The van der Waals surface area contributed by atoms with Gasteiger partial charge in [-0.15, -0.1) is 13.2 Å². The van der Waals surface area contributed by atoms with E-state index in [0.717, 1.165) is 36.4 Å². The number of halogens is 6. The smallest absolute Gasteiger partial charge is 0.457 e. The zero-order valence-corrected chi connectivity index (χ0v) is 17.7. The fraction of sp³-hybridized carbons (Fsp3) is 0.182. The zero-order chi connectivity index (χ0) is 25.8. The molecule has 0 atom stereocenters.